The second kappa shape index (κ2) is 9.84. The maximum atomic E-state index is 3.21. The molecule has 2 rings (SSSR count). The van der Waals surface area contributed by atoms with Crippen LogP contribution in [0.3, 0.4) is 0 Å². The first-order valence-corrected chi connectivity index (χ1v) is 10.1. The van der Waals surface area contributed by atoms with Gasteiger partial charge in [-0.15, -0.1) is 0 Å². The van der Waals surface area contributed by atoms with E-state index in [1.165, 1.54) is 23.6 Å². The van der Waals surface area contributed by atoms with E-state index in [-0.39, 0.29) is 0 Å². The van der Waals surface area contributed by atoms with Crippen LogP contribution in [0.1, 0.15) is 6.42 Å². The van der Waals surface area contributed by atoms with E-state index in [9.17, 15) is 0 Å². The van der Waals surface area contributed by atoms with Crippen LogP contribution in [0.25, 0.3) is 0 Å². The summed E-state index contributed by atoms with van der Waals surface area (Å²) >= 11 is 5.50. The van der Waals surface area contributed by atoms with Gasteiger partial charge in [0, 0.05) is 43.4 Å². The smallest absolute Gasteiger partial charge is 0.0367 e. The summed E-state index contributed by atoms with van der Waals surface area (Å²) in [6, 6.07) is 10.7. The molecule has 112 valence electrons. The fraction of sp³-hybridized carbons (Fsp3) is 0.571. The molecule has 1 aromatic rings. The van der Waals surface area contributed by atoms with Crippen LogP contribution in [0.2, 0.25) is 0 Å². The normalized spacial score (nSPS) is 16.6. The monoisotopic (exact) mass is 329 g/mol. The van der Waals surface area contributed by atoms with E-state index < -0.39 is 0 Å². The molecule has 1 saturated heterocycles. The molecule has 0 saturated carbocycles. The van der Waals surface area contributed by atoms with Gasteiger partial charge in [-0.25, -0.2) is 8.43 Å². The fourth-order valence-corrected chi connectivity index (χ4v) is 4.37. The van der Waals surface area contributed by atoms with Gasteiger partial charge in [0.1, 0.15) is 0 Å². The summed E-state index contributed by atoms with van der Waals surface area (Å²) in [4.78, 5) is 2.48. The highest BCUT2D eigenvalue weighted by atomic mass is 32.2. The first-order chi connectivity index (χ1) is 9.90. The third-order valence-corrected chi connectivity index (χ3v) is 6.00. The Kier molecular flexibility index (Phi) is 8.05. The molecule has 1 aromatic carbocycles. The number of para-hydroxylation sites is 1. The second-order valence-corrected chi connectivity index (χ2v) is 7.53. The van der Waals surface area contributed by atoms with Crippen molar-refractivity contribution < 1.29 is 0 Å². The van der Waals surface area contributed by atoms with Crippen molar-refractivity contribution in [1.29, 1.82) is 0 Å². The molecule has 1 aliphatic rings. The van der Waals surface area contributed by atoms with Crippen molar-refractivity contribution in [1.82, 2.24) is 8.43 Å². The zero-order valence-corrected chi connectivity index (χ0v) is 14.4. The third-order valence-electron chi connectivity index (χ3n) is 3.17. The quantitative estimate of drug-likeness (QED) is 0.578. The van der Waals surface area contributed by atoms with Crippen molar-refractivity contribution in [3.8, 4) is 0 Å². The average molecular weight is 330 g/mol. The van der Waals surface area contributed by atoms with Crippen molar-refractivity contribution in [2.24, 2.45) is 0 Å². The van der Waals surface area contributed by atoms with E-state index in [0.717, 1.165) is 26.2 Å². The molecule has 0 aromatic heterocycles. The number of hydrogen-bond donors (Lipinski definition) is 1. The highest BCUT2D eigenvalue weighted by Gasteiger charge is 2.16. The zero-order valence-electron chi connectivity index (χ0n) is 12.0. The number of rotatable bonds is 8. The van der Waals surface area contributed by atoms with Gasteiger partial charge in [-0.1, -0.05) is 54.0 Å². The Labute approximate surface area is 135 Å². The number of anilines is 1. The number of nitrogens with zero attached hydrogens (tertiary/aromatic N) is 2. The molecule has 0 radical (unpaired) electrons. The molecule has 0 amide bonds. The van der Waals surface area contributed by atoms with E-state index in [1.54, 1.807) is 11.9 Å². The molecule has 0 unspecified atom stereocenters. The van der Waals surface area contributed by atoms with Gasteiger partial charge in [0.25, 0.3) is 0 Å². The summed E-state index contributed by atoms with van der Waals surface area (Å²) in [5, 5.41) is 0. The molecule has 0 atom stereocenters. The van der Waals surface area contributed by atoms with Crippen molar-refractivity contribution in [3.63, 3.8) is 0 Å². The standard InChI is InChI=1S/C14H23N3S3/c1-18-15-19-12-5-13-20-17-10-8-16(9-11-17)14-6-3-2-4-7-14/h2-4,6-7,15H,5,8-13H2,1H3. The largest absolute Gasteiger partial charge is 0.369 e. The van der Waals surface area contributed by atoms with Crippen LogP contribution in [-0.2, 0) is 0 Å². The molecule has 0 bridgehead atoms. The van der Waals surface area contributed by atoms with E-state index in [4.69, 9.17) is 0 Å². The van der Waals surface area contributed by atoms with Crippen LogP contribution in [0.5, 0.6) is 0 Å². The Bertz CT molecular complexity index is 356. The maximum Gasteiger partial charge on any atom is 0.0367 e. The minimum atomic E-state index is 1.14. The molecule has 3 nitrogen and oxygen atoms in total. The molecule has 1 N–H and O–H groups in total. The van der Waals surface area contributed by atoms with Gasteiger partial charge in [0.15, 0.2) is 0 Å². The predicted molar refractivity (Wildman–Crippen MR) is 96.4 cm³/mol. The Morgan fingerprint density at radius 3 is 2.50 bits per heavy atom. The van der Waals surface area contributed by atoms with Crippen LogP contribution >= 0.6 is 35.8 Å². The SMILES string of the molecule is CSNSCCCSN1CCN(c2ccccc2)CC1. The summed E-state index contributed by atoms with van der Waals surface area (Å²) in [6.07, 6.45) is 3.33. The van der Waals surface area contributed by atoms with E-state index in [2.05, 4.69) is 49.9 Å². The Morgan fingerprint density at radius 2 is 1.80 bits per heavy atom. The van der Waals surface area contributed by atoms with Crippen molar-refractivity contribution in [3.05, 3.63) is 30.3 Å². The summed E-state index contributed by atoms with van der Waals surface area (Å²) in [7, 11) is 0. The maximum absolute atomic E-state index is 3.21. The molecule has 0 spiro atoms. The number of piperazine rings is 1. The van der Waals surface area contributed by atoms with Gasteiger partial charge in [-0.2, -0.15) is 0 Å². The summed E-state index contributed by atoms with van der Waals surface area (Å²) in [5.41, 5.74) is 1.36. The van der Waals surface area contributed by atoms with Gasteiger partial charge >= 0.3 is 0 Å². The van der Waals surface area contributed by atoms with Crippen molar-refractivity contribution >= 4 is 41.5 Å². The minimum Gasteiger partial charge on any atom is -0.369 e. The summed E-state index contributed by atoms with van der Waals surface area (Å²) in [6.45, 7) is 4.60. The van der Waals surface area contributed by atoms with Crippen molar-refractivity contribution in [2.45, 2.75) is 6.42 Å². The summed E-state index contributed by atoms with van der Waals surface area (Å²) < 4.78 is 5.73. The Balaban J connectivity index is 1.58. The highest BCUT2D eigenvalue weighted by molar-refractivity contribution is 8.12. The van der Waals surface area contributed by atoms with Gasteiger partial charge in [-0.05, 0) is 24.8 Å². The van der Waals surface area contributed by atoms with E-state index in [1.807, 2.05) is 23.9 Å². The lowest BCUT2D eigenvalue weighted by molar-refractivity contribution is 0.429. The first-order valence-electron chi connectivity index (χ1n) is 6.98. The van der Waals surface area contributed by atoms with Gasteiger partial charge in [-0.3, -0.25) is 0 Å². The van der Waals surface area contributed by atoms with Crippen LogP contribution in [0.15, 0.2) is 30.3 Å². The second-order valence-electron chi connectivity index (χ2n) is 4.57. The van der Waals surface area contributed by atoms with Crippen LogP contribution in [0, 0.1) is 0 Å². The van der Waals surface area contributed by atoms with Gasteiger partial charge in [0.05, 0.1) is 0 Å². The number of hydrogen-bond acceptors (Lipinski definition) is 6. The third kappa shape index (κ3) is 5.77. The lowest BCUT2D eigenvalue weighted by Crippen LogP contribution is -2.43. The average Bonchev–Trinajstić information content (AvgIpc) is 2.52. The Hall–Kier alpha value is -0.0100. The minimum absolute atomic E-state index is 1.14. The number of nitrogens with one attached hydrogen (secondary N) is 1. The van der Waals surface area contributed by atoms with Crippen LogP contribution in [0.4, 0.5) is 5.69 Å². The van der Waals surface area contributed by atoms with E-state index >= 15 is 0 Å². The molecule has 20 heavy (non-hydrogen) atoms. The van der Waals surface area contributed by atoms with Gasteiger partial charge < -0.3 is 4.90 Å². The molecular weight excluding hydrogens is 306 g/mol. The number of benzene rings is 1. The fourth-order valence-electron chi connectivity index (χ4n) is 2.14. The topological polar surface area (TPSA) is 18.5 Å². The zero-order chi connectivity index (χ0) is 14.0. The molecule has 1 aliphatic heterocycles. The predicted octanol–water partition coefficient (Wildman–Crippen LogP) is 3.36. The van der Waals surface area contributed by atoms with Crippen LogP contribution in [-0.4, -0.2) is 48.2 Å². The Morgan fingerprint density at radius 1 is 1.05 bits per heavy atom. The molecule has 6 heteroatoms. The molecular formula is C14H23N3S3. The van der Waals surface area contributed by atoms with Crippen LogP contribution < -0.4 is 9.03 Å². The summed E-state index contributed by atoms with van der Waals surface area (Å²) in [5.74, 6) is 2.42. The highest BCUT2D eigenvalue weighted by Crippen LogP contribution is 2.20. The lowest BCUT2D eigenvalue weighted by Gasteiger charge is -2.35. The lowest BCUT2D eigenvalue weighted by atomic mass is 10.2. The van der Waals surface area contributed by atoms with Gasteiger partial charge in [0.2, 0.25) is 0 Å². The first kappa shape index (κ1) is 16.4. The molecule has 1 fully saturated rings. The molecule has 0 aliphatic carbocycles. The molecule has 1 heterocycles. The van der Waals surface area contributed by atoms with E-state index in [0.29, 0.717) is 0 Å². The van der Waals surface area contributed by atoms with Crippen molar-refractivity contribution in [2.75, 3.05) is 48.8 Å².